The van der Waals surface area contributed by atoms with E-state index in [0.29, 0.717) is 22.8 Å². The van der Waals surface area contributed by atoms with Crippen LogP contribution in [-0.2, 0) is 22.9 Å². The monoisotopic (exact) mass is 439 g/mol. The Bertz CT molecular complexity index is 956. The highest BCUT2D eigenvalue weighted by Gasteiger charge is 2.42. The number of aromatic nitrogens is 4. The number of ether oxygens (including phenoxy) is 1. The zero-order valence-corrected chi connectivity index (χ0v) is 16.5. The average Bonchev–Trinajstić information content (AvgIpc) is 3.13. The minimum absolute atomic E-state index is 0.0380. The van der Waals surface area contributed by atoms with Gasteiger partial charge in [-0.05, 0) is 6.92 Å². The van der Waals surface area contributed by atoms with E-state index >= 15 is 0 Å². The minimum atomic E-state index is -4.88. The Morgan fingerprint density at radius 1 is 1.29 bits per heavy atom. The molecule has 2 aromatic rings. The molecule has 2 aromatic heterocycles. The molecule has 156 valence electrons. The predicted octanol–water partition coefficient (Wildman–Crippen LogP) is 0.0511. The van der Waals surface area contributed by atoms with E-state index in [1.807, 2.05) is 0 Å². The molecular formula is C12H19N5O9P2. The van der Waals surface area contributed by atoms with Crippen molar-refractivity contribution in [3.63, 3.8) is 0 Å². The van der Waals surface area contributed by atoms with E-state index in [0.717, 1.165) is 0 Å². The number of hydrogen-bond donors (Lipinski definition) is 5. The Balaban J connectivity index is 1.90. The third kappa shape index (κ3) is 4.92. The molecule has 0 aliphatic carbocycles. The number of aryl methyl sites for hydroxylation is 1. The molecule has 16 heteroatoms. The summed E-state index contributed by atoms with van der Waals surface area (Å²) in [6.07, 6.45) is -1.75. The largest absolute Gasteiger partial charge is 0.469 e. The second kappa shape index (κ2) is 7.75. The van der Waals surface area contributed by atoms with Crippen LogP contribution in [0, 0.1) is 6.92 Å². The summed E-state index contributed by atoms with van der Waals surface area (Å²) in [4.78, 5) is 48.7. The number of nitrogens with one attached hydrogen (secondary N) is 1. The summed E-state index contributed by atoms with van der Waals surface area (Å²) < 4.78 is 38.5. The molecule has 1 saturated heterocycles. The predicted molar refractivity (Wildman–Crippen MR) is 93.0 cm³/mol. The van der Waals surface area contributed by atoms with Crippen molar-refractivity contribution in [2.75, 3.05) is 19.0 Å². The molecular weight excluding hydrogens is 420 g/mol. The molecule has 3 rings (SSSR count). The quantitative estimate of drug-likeness (QED) is 0.363. The topological polar surface area (TPSA) is 198 Å². The fraction of sp³-hybridized carbons (Fsp3) is 0.583. The molecule has 0 bridgehead atoms. The Morgan fingerprint density at radius 3 is 2.61 bits per heavy atom. The lowest BCUT2D eigenvalue weighted by atomic mass is 10.2. The highest BCUT2D eigenvalue weighted by atomic mass is 31.2. The van der Waals surface area contributed by atoms with Gasteiger partial charge >= 0.3 is 15.6 Å². The summed E-state index contributed by atoms with van der Waals surface area (Å²) >= 11 is 0. The average molecular weight is 439 g/mol. The molecule has 0 spiro atoms. The van der Waals surface area contributed by atoms with Crippen LogP contribution in [0.2, 0.25) is 0 Å². The zero-order chi connectivity index (χ0) is 20.7. The highest BCUT2D eigenvalue weighted by Crippen LogP contribution is 2.45. The lowest BCUT2D eigenvalue weighted by molar-refractivity contribution is -0.0417. The van der Waals surface area contributed by atoms with Crippen molar-refractivity contribution in [3.05, 3.63) is 12.2 Å². The van der Waals surface area contributed by atoms with Gasteiger partial charge in [-0.1, -0.05) is 0 Å². The third-order valence-corrected chi connectivity index (χ3v) is 4.97. The number of nitrogens with zero attached hydrogens (tertiary/aromatic N) is 4. The first-order valence-corrected chi connectivity index (χ1v) is 11.0. The van der Waals surface area contributed by atoms with Gasteiger partial charge in [0.1, 0.15) is 24.3 Å². The van der Waals surface area contributed by atoms with E-state index in [1.54, 1.807) is 14.0 Å². The summed E-state index contributed by atoms with van der Waals surface area (Å²) in [5, 5.41) is 2.90. The van der Waals surface area contributed by atoms with Crippen molar-refractivity contribution in [1.29, 1.82) is 0 Å². The molecule has 0 amide bonds. The molecule has 28 heavy (non-hydrogen) atoms. The maximum Gasteiger partial charge on any atom is 0.469 e. The van der Waals surface area contributed by atoms with Gasteiger partial charge in [0.2, 0.25) is 0 Å². The highest BCUT2D eigenvalue weighted by molar-refractivity contribution is 7.46. The van der Waals surface area contributed by atoms with Gasteiger partial charge in [-0.25, -0.2) is 24.1 Å². The van der Waals surface area contributed by atoms with Gasteiger partial charge < -0.3 is 29.6 Å². The summed E-state index contributed by atoms with van der Waals surface area (Å²) in [5.41, 5.74) is 0.868. The second-order valence-electron chi connectivity index (χ2n) is 5.98. The van der Waals surface area contributed by atoms with E-state index in [4.69, 9.17) is 28.8 Å². The molecule has 1 aliphatic rings. The molecule has 1 fully saturated rings. The third-order valence-electron chi connectivity index (χ3n) is 3.94. The number of phosphoric acid groups is 2. The Hall–Kier alpha value is -1.47. The van der Waals surface area contributed by atoms with Crippen molar-refractivity contribution in [2.24, 2.45) is 0 Å². The molecule has 0 radical (unpaired) electrons. The van der Waals surface area contributed by atoms with Crippen LogP contribution < -0.4 is 5.32 Å². The van der Waals surface area contributed by atoms with Gasteiger partial charge in [0.15, 0.2) is 17.0 Å². The van der Waals surface area contributed by atoms with Gasteiger partial charge in [-0.2, -0.15) is 0 Å². The molecule has 5 N–H and O–H groups in total. The first kappa shape index (κ1) is 21.2. The fourth-order valence-electron chi connectivity index (χ4n) is 2.89. The minimum Gasteiger partial charge on any atom is -0.371 e. The Labute approximate surface area is 158 Å². The van der Waals surface area contributed by atoms with Crippen LogP contribution >= 0.6 is 15.6 Å². The summed E-state index contributed by atoms with van der Waals surface area (Å²) in [6.45, 7) is 1.05. The van der Waals surface area contributed by atoms with Crippen molar-refractivity contribution >= 4 is 32.6 Å². The smallest absolute Gasteiger partial charge is 0.371 e. The molecule has 3 heterocycles. The SMILES string of the molecule is CNc1nc(C)nc2c1ncn2[C@H]1C[C@H](OP(=O)(O)O)[C@@H](COP(=O)(O)O)O1. The van der Waals surface area contributed by atoms with Crippen LogP contribution in [0.5, 0.6) is 0 Å². The molecule has 1 aliphatic heterocycles. The summed E-state index contributed by atoms with van der Waals surface area (Å²) in [6, 6.07) is 0. The second-order valence-corrected chi connectivity index (χ2v) is 8.41. The van der Waals surface area contributed by atoms with Crippen LogP contribution in [0.25, 0.3) is 11.2 Å². The van der Waals surface area contributed by atoms with Gasteiger partial charge in [0.05, 0.1) is 12.9 Å². The number of phosphoric ester groups is 2. The van der Waals surface area contributed by atoms with Gasteiger partial charge in [-0.3, -0.25) is 13.6 Å². The van der Waals surface area contributed by atoms with Gasteiger partial charge in [0, 0.05) is 13.5 Å². The number of fused-ring (bicyclic) bond motifs is 1. The molecule has 3 atom stereocenters. The standard InChI is InChI=1S/C12H19N5O9P2/c1-6-15-11(13-2)10-12(16-6)17(5-14-10)9-3-7(26-28(21,22)23)8(25-9)4-24-27(18,19)20/h5,7-9H,3-4H2,1-2H3,(H,13,15,16)(H2,18,19,20)(H2,21,22,23)/t7-,8+,9+/m0/s1. The summed E-state index contributed by atoms with van der Waals surface area (Å²) in [7, 11) is -8.02. The number of imidazole rings is 1. The van der Waals surface area contributed by atoms with Crippen molar-refractivity contribution < 1.29 is 42.5 Å². The number of rotatable bonds is 7. The number of anilines is 1. The van der Waals surface area contributed by atoms with E-state index in [9.17, 15) is 9.13 Å². The Morgan fingerprint density at radius 2 is 2.00 bits per heavy atom. The van der Waals surface area contributed by atoms with E-state index in [-0.39, 0.29) is 6.42 Å². The first-order valence-electron chi connectivity index (χ1n) is 7.95. The van der Waals surface area contributed by atoms with Gasteiger partial charge in [0.25, 0.3) is 0 Å². The molecule has 0 unspecified atom stereocenters. The molecule has 0 saturated carbocycles. The normalized spacial score (nSPS) is 23.4. The van der Waals surface area contributed by atoms with E-state index in [1.165, 1.54) is 10.9 Å². The maximum atomic E-state index is 11.2. The van der Waals surface area contributed by atoms with Crippen LogP contribution in [-0.4, -0.2) is 65.0 Å². The molecule has 0 aromatic carbocycles. The molecule has 14 nitrogen and oxygen atoms in total. The van der Waals surface area contributed by atoms with E-state index < -0.39 is 40.7 Å². The maximum absolute atomic E-state index is 11.2. The van der Waals surface area contributed by atoms with Crippen molar-refractivity contribution in [2.45, 2.75) is 31.8 Å². The lowest BCUT2D eigenvalue weighted by Crippen LogP contribution is -2.28. The fourth-order valence-corrected chi connectivity index (χ4v) is 3.81. The van der Waals surface area contributed by atoms with Crippen LogP contribution in [0.1, 0.15) is 18.5 Å². The first-order chi connectivity index (χ1) is 13.0. The van der Waals surface area contributed by atoms with Crippen LogP contribution in [0.15, 0.2) is 6.33 Å². The van der Waals surface area contributed by atoms with Crippen LogP contribution in [0.3, 0.4) is 0 Å². The van der Waals surface area contributed by atoms with Crippen LogP contribution in [0.4, 0.5) is 5.82 Å². The summed E-state index contributed by atoms with van der Waals surface area (Å²) in [5.74, 6) is 0.949. The van der Waals surface area contributed by atoms with E-state index in [2.05, 4.69) is 24.8 Å². The Kier molecular flexibility index (Phi) is 5.88. The van der Waals surface area contributed by atoms with Crippen molar-refractivity contribution in [1.82, 2.24) is 19.5 Å². The number of hydrogen-bond acceptors (Lipinski definition) is 9. The van der Waals surface area contributed by atoms with Gasteiger partial charge in [-0.15, -0.1) is 0 Å². The van der Waals surface area contributed by atoms with Crippen molar-refractivity contribution in [3.8, 4) is 0 Å². The lowest BCUT2D eigenvalue weighted by Gasteiger charge is -2.19. The zero-order valence-electron chi connectivity index (χ0n) is 14.7.